The normalized spacial score (nSPS) is 15.0. The summed E-state index contributed by atoms with van der Waals surface area (Å²) in [5.41, 5.74) is -0.281. The number of ether oxygens (including phenoxy) is 1. The molecule has 2 aromatic rings. The van der Waals surface area contributed by atoms with Crippen LogP contribution in [0.3, 0.4) is 0 Å². The van der Waals surface area contributed by atoms with Gasteiger partial charge in [-0.3, -0.25) is 4.72 Å². The molecule has 1 aliphatic carbocycles. The molecule has 0 aromatic heterocycles. The lowest BCUT2D eigenvalue weighted by molar-refractivity contribution is -0.137. The predicted octanol–water partition coefficient (Wildman–Crippen LogP) is 4.36. The summed E-state index contributed by atoms with van der Waals surface area (Å²) in [7, 11) is -3.99. The first-order valence-electron chi connectivity index (χ1n) is 7.62. The fraction of sp³-hybridized carbons (Fsp3) is 0.294. The van der Waals surface area contributed by atoms with E-state index in [1.54, 1.807) is 19.1 Å². The SMILES string of the molecule is Cc1ccc(S(=O)(=O)Nc2cc(OC3CC3)cc(C(F)(F)F)c2)cc1. The summed E-state index contributed by atoms with van der Waals surface area (Å²) in [4.78, 5) is -0.0276. The van der Waals surface area contributed by atoms with E-state index < -0.39 is 21.8 Å². The second kappa shape index (κ2) is 6.25. The number of alkyl halides is 3. The van der Waals surface area contributed by atoms with Crippen LogP contribution < -0.4 is 9.46 Å². The van der Waals surface area contributed by atoms with Crippen LogP contribution >= 0.6 is 0 Å². The molecule has 0 unspecified atom stereocenters. The summed E-state index contributed by atoms with van der Waals surface area (Å²) in [5.74, 6) is -0.000990. The molecule has 1 aliphatic rings. The van der Waals surface area contributed by atoms with E-state index in [0.717, 1.165) is 30.5 Å². The Morgan fingerprint density at radius 3 is 2.28 bits per heavy atom. The number of halogens is 3. The van der Waals surface area contributed by atoms with Gasteiger partial charge in [0.15, 0.2) is 0 Å². The minimum absolute atomic E-state index is 0.000990. The zero-order chi connectivity index (χ0) is 18.2. The second-order valence-corrected chi connectivity index (χ2v) is 7.66. The van der Waals surface area contributed by atoms with Gasteiger partial charge in [-0.25, -0.2) is 8.42 Å². The van der Waals surface area contributed by atoms with E-state index >= 15 is 0 Å². The summed E-state index contributed by atoms with van der Waals surface area (Å²) >= 11 is 0. The lowest BCUT2D eigenvalue weighted by Crippen LogP contribution is -2.14. The molecule has 0 amide bonds. The van der Waals surface area contributed by atoms with Gasteiger partial charge in [0, 0.05) is 6.07 Å². The summed E-state index contributed by atoms with van der Waals surface area (Å²) < 4.78 is 71.6. The van der Waals surface area contributed by atoms with Crippen LogP contribution in [0.15, 0.2) is 47.4 Å². The van der Waals surface area contributed by atoms with Crippen molar-refractivity contribution in [2.75, 3.05) is 4.72 Å². The molecule has 0 radical (unpaired) electrons. The van der Waals surface area contributed by atoms with Crippen molar-refractivity contribution in [3.8, 4) is 5.75 Å². The summed E-state index contributed by atoms with van der Waals surface area (Å²) in [6, 6.07) is 8.91. The van der Waals surface area contributed by atoms with Gasteiger partial charge in [-0.15, -0.1) is 0 Å². The maximum Gasteiger partial charge on any atom is 0.416 e. The van der Waals surface area contributed by atoms with Gasteiger partial charge in [-0.1, -0.05) is 17.7 Å². The van der Waals surface area contributed by atoms with Crippen LogP contribution in [0, 0.1) is 6.92 Å². The van der Waals surface area contributed by atoms with E-state index in [-0.39, 0.29) is 22.4 Å². The molecule has 1 saturated carbocycles. The van der Waals surface area contributed by atoms with Crippen LogP contribution in [-0.4, -0.2) is 14.5 Å². The molecule has 134 valence electrons. The smallest absolute Gasteiger partial charge is 0.416 e. The van der Waals surface area contributed by atoms with Crippen molar-refractivity contribution >= 4 is 15.7 Å². The highest BCUT2D eigenvalue weighted by molar-refractivity contribution is 7.92. The predicted molar refractivity (Wildman–Crippen MR) is 87.1 cm³/mol. The fourth-order valence-corrected chi connectivity index (χ4v) is 3.24. The number of nitrogens with one attached hydrogen (secondary N) is 1. The molecule has 2 aromatic carbocycles. The molecular formula is C17H16F3NO3S. The van der Waals surface area contributed by atoms with Gasteiger partial charge in [-0.2, -0.15) is 13.2 Å². The van der Waals surface area contributed by atoms with Crippen molar-refractivity contribution < 1.29 is 26.3 Å². The molecule has 0 heterocycles. The molecule has 0 spiro atoms. The van der Waals surface area contributed by atoms with E-state index in [0.29, 0.717) is 0 Å². The molecule has 0 aliphatic heterocycles. The summed E-state index contributed by atoms with van der Waals surface area (Å²) in [6.45, 7) is 1.80. The minimum Gasteiger partial charge on any atom is -0.490 e. The van der Waals surface area contributed by atoms with Crippen LogP contribution in [0.2, 0.25) is 0 Å². The van der Waals surface area contributed by atoms with Crippen LogP contribution in [0.25, 0.3) is 0 Å². The Hall–Kier alpha value is -2.22. The maximum absolute atomic E-state index is 13.1. The number of benzene rings is 2. The molecule has 1 N–H and O–H groups in total. The van der Waals surface area contributed by atoms with Crippen LogP contribution in [0.5, 0.6) is 5.75 Å². The molecule has 8 heteroatoms. The van der Waals surface area contributed by atoms with Gasteiger partial charge in [0.2, 0.25) is 0 Å². The summed E-state index contributed by atoms with van der Waals surface area (Å²) in [6.07, 6.45) is -3.15. The first kappa shape index (κ1) is 17.6. The minimum atomic E-state index is -4.60. The molecule has 4 nitrogen and oxygen atoms in total. The third kappa shape index (κ3) is 4.45. The second-order valence-electron chi connectivity index (χ2n) is 5.98. The lowest BCUT2D eigenvalue weighted by Gasteiger charge is -2.14. The topological polar surface area (TPSA) is 55.4 Å². The fourth-order valence-electron chi connectivity index (χ4n) is 2.20. The van der Waals surface area contributed by atoms with Crippen molar-refractivity contribution in [2.45, 2.75) is 36.9 Å². The average molecular weight is 371 g/mol. The number of rotatable bonds is 5. The van der Waals surface area contributed by atoms with Gasteiger partial charge < -0.3 is 4.74 Å². The Morgan fingerprint density at radius 1 is 1.08 bits per heavy atom. The molecule has 3 rings (SSSR count). The van der Waals surface area contributed by atoms with E-state index in [1.807, 2.05) is 0 Å². The number of sulfonamides is 1. The van der Waals surface area contributed by atoms with Gasteiger partial charge in [0.1, 0.15) is 5.75 Å². The van der Waals surface area contributed by atoms with E-state index in [1.165, 1.54) is 18.2 Å². The highest BCUT2D eigenvalue weighted by atomic mass is 32.2. The molecule has 0 atom stereocenters. The molecular weight excluding hydrogens is 355 g/mol. The Balaban J connectivity index is 1.93. The van der Waals surface area contributed by atoms with Crippen LogP contribution in [0.4, 0.5) is 18.9 Å². The maximum atomic E-state index is 13.1. The molecule has 0 saturated heterocycles. The van der Waals surface area contributed by atoms with Gasteiger partial charge >= 0.3 is 6.18 Å². The van der Waals surface area contributed by atoms with E-state index in [2.05, 4.69) is 4.72 Å². The number of anilines is 1. The Kier molecular flexibility index (Phi) is 4.40. The Labute approximate surface area is 143 Å². The first-order valence-corrected chi connectivity index (χ1v) is 9.10. The van der Waals surface area contributed by atoms with Crippen molar-refractivity contribution in [3.63, 3.8) is 0 Å². The van der Waals surface area contributed by atoms with Crippen molar-refractivity contribution in [3.05, 3.63) is 53.6 Å². The van der Waals surface area contributed by atoms with Gasteiger partial charge in [-0.05, 0) is 44.0 Å². The van der Waals surface area contributed by atoms with Crippen LogP contribution in [0.1, 0.15) is 24.0 Å². The quantitative estimate of drug-likeness (QED) is 0.850. The number of aryl methyl sites for hydroxylation is 1. The largest absolute Gasteiger partial charge is 0.490 e. The zero-order valence-corrected chi connectivity index (χ0v) is 14.1. The molecule has 25 heavy (non-hydrogen) atoms. The van der Waals surface area contributed by atoms with Crippen molar-refractivity contribution in [2.24, 2.45) is 0 Å². The van der Waals surface area contributed by atoms with Gasteiger partial charge in [0.05, 0.1) is 22.3 Å². The first-order chi connectivity index (χ1) is 11.6. The van der Waals surface area contributed by atoms with Crippen LogP contribution in [-0.2, 0) is 16.2 Å². The summed E-state index contributed by atoms with van der Waals surface area (Å²) in [5, 5.41) is 0. The van der Waals surface area contributed by atoms with Gasteiger partial charge in [0.25, 0.3) is 10.0 Å². The number of hydrogen-bond acceptors (Lipinski definition) is 3. The zero-order valence-electron chi connectivity index (χ0n) is 13.3. The van der Waals surface area contributed by atoms with Crippen molar-refractivity contribution in [1.82, 2.24) is 0 Å². The average Bonchev–Trinajstić information content (AvgIpc) is 3.30. The molecule has 1 fully saturated rings. The van der Waals surface area contributed by atoms with Crippen molar-refractivity contribution in [1.29, 1.82) is 0 Å². The van der Waals surface area contributed by atoms with E-state index in [9.17, 15) is 21.6 Å². The monoisotopic (exact) mass is 371 g/mol. The lowest BCUT2D eigenvalue weighted by atomic mass is 10.2. The number of hydrogen-bond donors (Lipinski definition) is 1. The Bertz CT molecular complexity index is 873. The highest BCUT2D eigenvalue weighted by Gasteiger charge is 2.33. The third-order valence-corrected chi connectivity index (χ3v) is 5.04. The third-order valence-electron chi connectivity index (χ3n) is 3.64. The van der Waals surface area contributed by atoms with E-state index in [4.69, 9.17) is 4.74 Å². The highest BCUT2D eigenvalue weighted by Crippen LogP contribution is 2.36. The standard InChI is InChI=1S/C17H16F3NO3S/c1-11-2-6-16(7-3-11)25(22,23)21-13-8-12(17(18,19)20)9-15(10-13)24-14-4-5-14/h2-3,6-10,14,21H,4-5H2,1H3. The molecule has 0 bridgehead atoms. The Morgan fingerprint density at radius 2 is 1.72 bits per heavy atom.